The molecular weight excluding hydrogens is 482 g/mol. The van der Waals surface area contributed by atoms with Crippen LogP contribution in [0.1, 0.15) is 0 Å². The molecule has 0 aliphatic heterocycles. The van der Waals surface area contributed by atoms with Crippen LogP contribution < -0.4 is 0 Å². The molecule has 5 aromatic carbocycles. The Kier molecular flexibility index (Phi) is 4.69. The maximum atomic E-state index is 4.60. The third-order valence-corrected chi connectivity index (χ3v) is 8.39. The van der Waals surface area contributed by atoms with Crippen molar-refractivity contribution in [2.24, 2.45) is 0 Å². The second-order valence-corrected chi connectivity index (χ2v) is 10.6. The van der Waals surface area contributed by atoms with Gasteiger partial charge in [0.25, 0.3) is 0 Å². The van der Waals surface area contributed by atoms with Crippen molar-refractivity contribution in [3.05, 3.63) is 128 Å². The molecule has 4 heteroatoms. The van der Waals surface area contributed by atoms with Crippen molar-refractivity contribution in [1.82, 2.24) is 14.5 Å². The van der Waals surface area contributed by atoms with Crippen molar-refractivity contribution in [3.8, 4) is 27.9 Å². The highest BCUT2D eigenvalue weighted by atomic mass is 32.1. The van der Waals surface area contributed by atoms with Gasteiger partial charge in [0, 0.05) is 32.7 Å². The molecule has 0 N–H and O–H groups in total. The Hall–Kier alpha value is -4.80. The summed E-state index contributed by atoms with van der Waals surface area (Å²) in [6.07, 6.45) is 3.56. The summed E-state index contributed by atoms with van der Waals surface area (Å²) in [5.41, 5.74) is 9.38. The summed E-state index contributed by atoms with van der Waals surface area (Å²) in [5.74, 6) is 0. The van der Waals surface area contributed by atoms with Gasteiger partial charge in [-0.1, -0.05) is 78.9 Å². The van der Waals surface area contributed by atoms with E-state index in [9.17, 15) is 0 Å². The van der Waals surface area contributed by atoms with Crippen LogP contribution in [0.25, 0.3) is 70.0 Å². The zero-order valence-corrected chi connectivity index (χ0v) is 21.2. The van der Waals surface area contributed by atoms with Crippen molar-refractivity contribution in [3.63, 3.8) is 0 Å². The Morgan fingerprint density at radius 3 is 1.95 bits per heavy atom. The number of hydrogen-bond donors (Lipinski definition) is 0. The van der Waals surface area contributed by atoms with E-state index in [0.717, 1.165) is 15.9 Å². The van der Waals surface area contributed by atoms with Gasteiger partial charge in [-0.05, 0) is 58.7 Å². The summed E-state index contributed by atoms with van der Waals surface area (Å²) < 4.78 is 4.75. The minimum absolute atomic E-state index is 1.02. The molecule has 0 fully saturated rings. The van der Waals surface area contributed by atoms with Crippen LogP contribution in [0, 0.1) is 0 Å². The number of rotatable bonds is 3. The van der Waals surface area contributed by atoms with E-state index in [1.807, 2.05) is 6.20 Å². The molecular formula is C34H21N3S. The van der Waals surface area contributed by atoms with Gasteiger partial charge in [-0.2, -0.15) is 0 Å². The first-order chi connectivity index (χ1) is 18.8. The van der Waals surface area contributed by atoms with Crippen molar-refractivity contribution in [2.75, 3.05) is 0 Å². The van der Waals surface area contributed by atoms with Gasteiger partial charge in [0.05, 0.1) is 21.3 Å². The highest BCUT2D eigenvalue weighted by Crippen LogP contribution is 2.40. The van der Waals surface area contributed by atoms with E-state index in [4.69, 9.17) is 0 Å². The summed E-state index contributed by atoms with van der Waals surface area (Å²) in [6, 6.07) is 41.5. The van der Waals surface area contributed by atoms with Crippen LogP contribution in [0.4, 0.5) is 0 Å². The van der Waals surface area contributed by atoms with E-state index in [2.05, 4.69) is 130 Å². The molecule has 0 spiro atoms. The lowest BCUT2D eigenvalue weighted by Gasteiger charge is -2.14. The zero-order chi connectivity index (χ0) is 25.1. The topological polar surface area (TPSA) is 30.7 Å². The van der Waals surface area contributed by atoms with Gasteiger partial charge in [-0.3, -0.25) is 0 Å². The fraction of sp³-hybridized carbons (Fsp3) is 0. The summed E-state index contributed by atoms with van der Waals surface area (Å²) in [4.78, 5) is 8.86. The first kappa shape index (κ1) is 21.3. The van der Waals surface area contributed by atoms with E-state index in [-0.39, 0.29) is 0 Å². The SMILES string of the molecule is c1ccc(-c2cc(-c3ccccc3)cc(-n3c4ccccc4c4cc5c(cc43)sc3cncnc35)c2)cc1. The molecule has 3 heterocycles. The molecule has 0 aliphatic rings. The Morgan fingerprint density at radius 1 is 0.526 bits per heavy atom. The Morgan fingerprint density at radius 2 is 1.21 bits per heavy atom. The minimum Gasteiger partial charge on any atom is -0.309 e. The lowest BCUT2D eigenvalue weighted by atomic mass is 9.98. The highest BCUT2D eigenvalue weighted by molar-refractivity contribution is 7.25. The number of benzene rings is 5. The third kappa shape index (κ3) is 3.28. The highest BCUT2D eigenvalue weighted by Gasteiger charge is 2.17. The molecule has 0 amide bonds. The monoisotopic (exact) mass is 503 g/mol. The first-order valence-electron chi connectivity index (χ1n) is 12.7. The Bertz CT molecular complexity index is 2070. The summed E-state index contributed by atoms with van der Waals surface area (Å²) in [7, 11) is 0. The van der Waals surface area contributed by atoms with Crippen LogP contribution in [0.15, 0.2) is 128 Å². The third-order valence-electron chi connectivity index (χ3n) is 7.32. The lowest BCUT2D eigenvalue weighted by molar-refractivity contribution is 1.18. The van der Waals surface area contributed by atoms with Crippen molar-refractivity contribution < 1.29 is 0 Å². The molecule has 0 saturated heterocycles. The summed E-state index contributed by atoms with van der Waals surface area (Å²) >= 11 is 1.75. The predicted molar refractivity (Wildman–Crippen MR) is 160 cm³/mol. The standard InChI is InChI=1S/C34H21N3S/c1-3-9-22(10-4-1)24-15-25(23-11-5-2-6-12-23)17-26(16-24)37-30-14-8-7-13-27(30)28-18-29-32(19-31(28)37)38-33-20-35-21-36-34(29)33/h1-21H. The number of para-hydroxylation sites is 1. The smallest absolute Gasteiger partial charge is 0.116 e. The van der Waals surface area contributed by atoms with Gasteiger partial charge in [0.1, 0.15) is 6.33 Å². The average Bonchev–Trinajstić information content (AvgIpc) is 3.51. The molecule has 3 aromatic heterocycles. The van der Waals surface area contributed by atoms with Crippen LogP contribution in [-0.4, -0.2) is 14.5 Å². The largest absolute Gasteiger partial charge is 0.309 e. The van der Waals surface area contributed by atoms with Crippen molar-refractivity contribution >= 4 is 53.4 Å². The molecule has 178 valence electrons. The van der Waals surface area contributed by atoms with Crippen LogP contribution in [0.2, 0.25) is 0 Å². The van der Waals surface area contributed by atoms with Crippen molar-refractivity contribution in [2.45, 2.75) is 0 Å². The van der Waals surface area contributed by atoms with Crippen molar-refractivity contribution in [1.29, 1.82) is 0 Å². The number of aromatic nitrogens is 3. The molecule has 0 saturated carbocycles. The summed E-state index contributed by atoms with van der Waals surface area (Å²) in [5, 5.41) is 3.66. The fourth-order valence-electron chi connectivity index (χ4n) is 5.59. The van der Waals surface area contributed by atoms with Crippen LogP contribution in [0.3, 0.4) is 0 Å². The molecule has 0 radical (unpaired) electrons. The maximum Gasteiger partial charge on any atom is 0.116 e. The number of hydrogen-bond acceptors (Lipinski definition) is 3. The number of thiophene rings is 1. The predicted octanol–water partition coefficient (Wildman–Crippen LogP) is 9.28. The van der Waals surface area contributed by atoms with E-state index < -0.39 is 0 Å². The molecule has 38 heavy (non-hydrogen) atoms. The molecule has 0 aliphatic carbocycles. The Balaban J connectivity index is 1.48. The molecule has 0 atom stereocenters. The molecule has 8 aromatic rings. The van der Waals surface area contributed by atoms with Crippen LogP contribution in [-0.2, 0) is 0 Å². The van der Waals surface area contributed by atoms with Gasteiger partial charge in [0.15, 0.2) is 0 Å². The van der Waals surface area contributed by atoms with E-state index in [1.165, 1.54) is 54.1 Å². The number of nitrogens with zero attached hydrogens (tertiary/aromatic N) is 3. The number of fused-ring (bicyclic) bond motifs is 6. The van der Waals surface area contributed by atoms with Gasteiger partial charge in [-0.25, -0.2) is 9.97 Å². The van der Waals surface area contributed by atoms with Crippen LogP contribution in [0.5, 0.6) is 0 Å². The van der Waals surface area contributed by atoms with E-state index >= 15 is 0 Å². The lowest BCUT2D eigenvalue weighted by Crippen LogP contribution is -1.96. The molecule has 3 nitrogen and oxygen atoms in total. The quantitative estimate of drug-likeness (QED) is 0.240. The van der Waals surface area contributed by atoms with Gasteiger partial charge < -0.3 is 4.57 Å². The van der Waals surface area contributed by atoms with Gasteiger partial charge in [0.2, 0.25) is 0 Å². The molecule has 0 unspecified atom stereocenters. The second kappa shape index (κ2) is 8.37. The van der Waals surface area contributed by atoms with Gasteiger partial charge >= 0.3 is 0 Å². The second-order valence-electron chi connectivity index (χ2n) is 9.56. The normalized spacial score (nSPS) is 11.7. The van der Waals surface area contributed by atoms with E-state index in [0.29, 0.717) is 0 Å². The van der Waals surface area contributed by atoms with Gasteiger partial charge in [-0.15, -0.1) is 11.3 Å². The minimum atomic E-state index is 1.02. The van der Waals surface area contributed by atoms with Crippen LogP contribution >= 0.6 is 11.3 Å². The molecule has 8 rings (SSSR count). The van der Waals surface area contributed by atoms with E-state index in [1.54, 1.807) is 17.7 Å². The first-order valence-corrected chi connectivity index (χ1v) is 13.5. The summed E-state index contributed by atoms with van der Waals surface area (Å²) in [6.45, 7) is 0. The zero-order valence-electron chi connectivity index (χ0n) is 20.4. The molecule has 0 bridgehead atoms. The fourth-order valence-corrected chi connectivity index (χ4v) is 6.64. The Labute approximate surface area is 223 Å². The maximum absolute atomic E-state index is 4.60. The average molecular weight is 504 g/mol.